The van der Waals surface area contributed by atoms with E-state index in [1.165, 1.54) is 11.8 Å². The van der Waals surface area contributed by atoms with E-state index in [-0.39, 0.29) is 24.3 Å². The number of amidine groups is 1. The maximum absolute atomic E-state index is 13.0. The molecule has 1 amide bonds. The third kappa shape index (κ3) is 5.11. The van der Waals surface area contributed by atoms with E-state index in [9.17, 15) is 31.1 Å². The van der Waals surface area contributed by atoms with Gasteiger partial charge in [-0.05, 0) is 23.8 Å². The van der Waals surface area contributed by atoms with Crippen molar-refractivity contribution in [2.24, 2.45) is 4.99 Å². The van der Waals surface area contributed by atoms with Crippen LogP contribution in [0.25, 0.3) is 0 Å². The smallest absolute Gasteiger partial charge is 0.286 e. The number of amides is 1. The predicted molar refractivity (Wildman–Crippen MR) is 97.5 cm³/mol. The Morgan fingerprint density at radius 2 is 1.55 bits per heavy atom. The number of alkyl halides is 6. The van der Waals surface area contributed by atoms with E-state index in [1.54, 1.807) is 0 Å². The molecule has 3 nitrogen and oxygen atoms in total. The predicted octanol–water partition coefficient (Wildman–Crippen LogP) is 5.47. The standard InChI is InChI=1S/C19H14F6N2OS/c20-18(21,22)14-8-13(9-15(10-14)19(23,24)25)16(28)27-7-6-26-17(27)29-11-12-4-2-1-3-5-12/h1-5,8-10H,6-7,11H2. The summed E-state index contributed by atoms with van der Waals surface area (Å²) in [6.07, 6.45) is -10.0. The number of carbonyl (C=O) groups is 1. The summed E-state index contributed by atoms with van der Waals surface area (Å²) >= 11 is 1.20. The Balaban J connectivity index is 1.86. The third-order valence-electron chi connectivity index (χ3n) is 4.09. The molecule has 10 heteroatoms. The van der Waals surface area contributed by atoms with Gasteiger partial charge in [-0.1, -0.05) is 42.1 Å². The Kier molecular flexibility index (Phi) is 5.92. The summed E-state index contributed by atoms with van der Waals surface area (Å²) in [5, 5.41) is 0.268. The van der Waals surface area contributed by atoms with Crippen LogP contribution in [0.1, 0.15) is 27.0 Å². The second-order valence-corrected chi connectivity index (χ2v) is 7.13. The second-order valence-electron chi connectivity index (χ2n) is 6.19. The average Bonchev–Trinajstić information content (AvgIpc) is 3.13. The summed E-state index contributed by atoms with van der Waals surface area (Å²) in [6.45, 7) is 0.321. The molecule has 0 aliphatic carbocycles. The first kappa shape index (κ1) is 21.2. The molecule has 154 valence electrons. The van der Waals surface area contributed by atoms with E-state index in [2.05, 4.69) is 4.99 Å². The molecule has 3 rings (SSSR count). The number of hydrogen-bond donors (Lipinski definition) is 0. The van der Waals surface area contributed by atoms with Gasteiger partial charge in [-0.15, -0.1) is 0 Å². The van der Waals surface area contributed by atoms with Gasteiger partial charge in [0.25, 0.3) is 5.91 Å². The average molecular weight is 432 g/mol. The van der Waals surface area contributed by atoms with Crippen LogP contribution in [0.4, 0.5) is 26.3 Å². The molecule has 0 radical (unpaired) electrons. The fraction of sp³-hybridized carbons (Fsp3) is 0.263. The van der Waals surface area contributed by atoms with Gasteiger partial charge < -0.3 is 0 Å². The summed E-state index contributed by atoms with van der Waals surface area (Å²) in [5.41, 5.74) is -2.78. The summed E-state index contributed by atoms with van der Waals surface area (Å²) in [7, 11) is 0. The van der Waals surface area contributed by atoms with Gasteiger partial charge in [0.15, 0.2) is 5.17 Å². The summed E-state index contributed by atoms with van der Waals surface area (Å²) in [6, 6.07) is 10.1. The molecule has 1 aliphatic rings. The van der Waals surface area contributed by atoms with Crippen LogP contribution in [0.15, 0.2) is 53.5 Å². The van der Waals surface area contributed by atoms with Crippen LogP contribution < -0.4 is 0 Å². The molecular formula is C19H14F6N2OS. The maximum atomic E-state index is 13.0. The first-order valence-corrected chi connectivity index (χ1v) is 9.37. The van der Waals surface area contributed by atoms with Crippen molar-refractivity contribution in [2.75, 3.05) is 13.1 Å². The van der Waals surface area contributed by atoms with Crippen LogP contribution in [0.5, 0.6) is 0 Å². The van der Waals surface area contributed by atoms with Crippen molar-refractivity contribution < 1.29 is 31.1 Å². The number of hydrogen-bond acceptors (Lipinski definition) is 3. The van der Waals surface area contributed by atoms with Gasteiger partial charge in [-0.25, -0.2) is 0 Å². The largest absolute Gasteiger partial charge is 0.416 e. The van der Waals surface area contributed by atoms with Crippen LogP contribution in [0, 0.1) is 0 Å². The van der Waals surface area contributed by atoms with E-state index in [0.29, 0.717) is 17.9 Å². The lowest BCUT2D eigenvalue weighted by molar-refractivity contribution is -0.143. The molecule has 0 unspecified atom stereocenters. The molecule has 2 aromatic carbocycles. The van der Waals surface area contributed by atoms with E-state index < -0.39 is 35.0 Å². The van der Waals surface area contributed by atoms with Crippen molar-refractivity contribution >= 4 is 22.8 Å². The van der Waals surface area contributed by atoms with Gasteiger partial charge in [-0.2, -0.15) is 26.3 Å². The zero-order valence-electron chi connectivity index (χ0n) is 14.7. The first-order valence-electron chi connectivity index (χ1n) is 8.38. The molecule has 2 aromatic rings. The van der Waals surface area contributed by atoms with Gasteiger partial charge in [-0.3, -0.25) is 14.7 Å². The van der Waals surface area contributed by atoms with Crippen molar-refractivity contribution in [3.05, 3.63) is 70.8 Å². The van der Waals surface area contributed by atoms with E-state index >= 15 is 0 Å². The second kappa shape index (κ2) is 8.10. The molecule has 0 saturated carbocycles. The molecular weight excluding hydrogens is 418 g/mol. The Morgan fingerprint density at radius 1 is 0.966 bits per heavy atom. The van der Waals surface area contributed by atoms with Crippen molar-refractivity contribution in [1.29, 1.82) is 0 Å². The van der Waals surface area contributed by atoms with Crippen molar-refractivity contribution in [2.45, 2.75) is 18.1 Å². The van der Waals surface area contributed by atoms with Crippen LogP contribution >= 0.6 is 11.8 Å². The third-order valence-corrected chi connectivity index (χ3v) is 5.18. The highest BCUT2D eigenvalue weighted by molar-refractivity contribution is 8.13. The lowest BCUT2D eigenvalue weighted by Crippen LogP contribution is -2.33. The molecule has 0 aromatic heterocycles. The molecule has 0 saturated heterocycles. The van der Waals surface area contributed by atoms with Gasteiger partial charge >= 0.3 is 12.4 Å². The summed E-state index contributed by atoms with van der Waals surface area (Å²) in [5.74, 6) is -0.488. The molecule has 0 N–H and O–H groups in total. The molecule has 0 bridgehead atoms. The molecule has 1 aliphatic heterocycles. The summed E-state index contributed by atoms with van der Waals surface area (Å²) < 4.78 is 78.3. The fourth-order valence-electron chi connectivity index (χ4n) is 2.69. The number of carbonyl (C=O) groups excluding carboxylic acids is 1. The Bertz CT molecular complexity index is 892. The Hall–Kier alpha value is -2.49. The highest BCUT2D eigenvalue weighted by atomic mass is 32.2. The monoisotopic (exact) mass is 432 g/mol. The quantitative estimate of drug-likeness (QED) is 0.603. The SMILES string of the molecule is O=C(c1cc(C(F)(F)F)cc(C(F)(F)F)c1)N1CCN=C1SCc1ccccc1. The van der Waals surface area contributed by atoms with E-state index in [1.807, 2.05) is 30.3 Å². The fourth-order valence-corrected chi connectivity index (χ4v) is 3.70. The number of thioether (sulfide) groups is 1. The van der Waals surface area contributed by atoms with Gasteiger partial charge in [0, 0.05) is 17.9 Å². The van der Waals surface area contributed by atoms with Gasteiger partial charge in [0.05, 0.1) is 17.7 Å². The van der Waals surface area contributed by atoms with Crippen molar-refractivity contribution in [3.8, 4) is 0 Å². The number of aliphatic imine (C=N–C) groups is 1. The Labute approximate surface area is 166 Å². The van der Waals surface area contributed by atoms with Crippen molar-refractivity contribution in [3.63, 3.8) is 0 Å². The highest BCUT2D eigenvalue weighted by Crippen LogP contribution is 2.36. The molecule has 29 heavy (non-hydrogen) atoms. The lowest BCUT2D eigenvalue weighted by atomic mass is 10.0. The topological polar surface area (TPSA) is 32.7 Å². The zero-order valence-corrected chi connectivity index (χ0v) is 15.5. The van der Waals surface area contributed by atoms with Crippen LogP contribution in [-0.4, -0.2) is 29.1 Å². The Morgan fingerprint density at radius 3 is 2.10 bits per heavy atom. The highest BCUT2D eigenvalue weighted by Gasteiger charge is 2.38. The first-order chi connectivity index (χ1) is 13.6. The molecule has 1 heterocycles. The number of halogens is 6. The van der Waals surface area contributed by atoms with E-state index in [0.717, 1.165) is 10.5 Å². The normalized spacial score (nSPS) is 14.8. The summed E-state index contributed by atoms with van der Waals surface area (Å²) in [4.78, 5) is 18.0. The van der Waals surface area contributed by atoms with Crippen molar-refractivity contribution in [1.82, 2.24) is 4.90 Å². The van der Waals surface area contributed by atoms with Crippen LogP contribution in [-0.2, 0) is 18.1 Å². The van der Waals surface area contributed by atoms with E-state index in [4.69, 9.17) is 0 Å². The zero-order chi connectivity index (χ0) is 21.2. The van der Waals surface area contributed by atoms with Crippen LogP contribution in [0.2, 0.25) is 0 Å². The number of rotatable bonds is 3. The van der Waals surface area contributed by atoms with Crippen LogP contribution in [0.3, 0.4) is 0 Å². The van der Waals surface area contributed by atoms with Gasteiger partial charge in [0.1, 0.15) is 0 Å². The molecule has 0 spiro atoms. The number of nitrogens with zero attached hydrogens (tertiary/aromatic N) is 2. The minimum atomic E-state index is -5.01. The maximum Gasteiger partial charge on any atom is 0.416 e. The minimum absolute atomic E-state index is 0.0000842. The minimum Gasteiger partial charge on any atom is -0.286 e. The molecule has 0 atom stereocenters. The number of benzene rings is 2. The molecule has 0 fully saturated rings. The van der Waals surface area contributed by atoms with Gasteiger partial charge in [0.2, 0.25) is 0 Å². The lowest BCUT2D eigenvalue weighted by Gasteiger charge is -2.20.